The van der Waals surface area contributed by atoms with E-state index in [1.807, 2.05) is 30.3 Å². The number of rotatable bonds is 4. The van der Waals surface area contributed by atoms with Gasteiger partial charge < -0.3 is 10.6 Å². The van der Waals surface area contributed by atoms with E-state index in [2.05, 4.69) is 31.5 Å². The number of hydrogen-bond donors (Lipinski definition) is 2. The third kappa shape index (κ3) is 3.54. The number of hydrogen-bond acceptors (Lipinski definition) is 3. The van der Waals surface area contributed by atoms with E-state index in [0.717, 1.165) is 5.56 Å². The Morgan fingerprint density at radius 1 is 1.32 bits per heavy atom. The first-order chi connectivity index (χ1) is 9.20. The molecule has 5 heteroatoms. The molecule has 2 N–H and O–H groups in total. The lowest BCUT2D eigenvalue weighted by Gasteiger charge is -2.08. The summed E-state index contributed by atoms with van der Waals surface area (Å²) in [5, 5.41) is 5.79. The predicted octanol–water partition coefficient (Wildman–Crippen LogP) is 2.82. The highest BCUT2D eigenvalue weighted by Crippen LogP contribution is 2.18. The molecule has 2 aromatic rings. The Morgan fingerprint density at radius 2 is 2.05 bits per heavy atom. The van der Waals surface area contributed by atoms with Crippen LogP contribution in [0.5, 0.6) is 0 Å². The first kappa shape index (κ1) is 13.5. The zero-order chi connectivity index (χ0) is 13.7. The van der Waals surface area contributed by atoms with Gasteiger partial charge in [-0.05, 0) is 27.6 Å². The molecule has 1 amide bonds. The maximum atomic E-state index is 12.1. The summed E-state index contributed by atoms with van der Waals surface area (Å²) in [6.07, 6.45) is 1.61. The number of nitrogens with one attached hydrogen (secondary N) is 2. The highest BCUT2D eigenvalue weighted by molar-refractivity contribution is 9.10. The van der Waals surface area contributed by atoms with Crippen LogP contribution in [0.2, 0.25) is 0 Å². The normalized spacial score (nSPS) is 10.0. The van der Waals surface area contributed by atoms with Crippen molar-refractivity contribution < 1.29 is 4.79 Å². The number of aromatic nitrogens is 1. The maximum absolute atomic E-state index is 12.1. The van der Waals surface area contributed by atoms with Crippen molar-refractivity contribution in [2.24, 2.45) is 0 Å². The van der Waals surface area contributed by atoms with Gasteiger partial charge in [-0.15, -0.1) is 0 Å². The number of nitrogens with zero attached hydrogens (tertiary/aromatic N) is 1. The van der Waals surface area contributed by atoms with Gasteiger partial charge in [0, 0.05) is 24.3 Å². The van der Waals surface area contributed by atoms with E-state index in [1.165, 1.54) is 0 Å². The molecule has 1 aromatic heterocycles. The average Bonchev–Trinajstić information content (AvgIpc) is 2.46. The largest absolute Gasteiger partial charge is 0.373 e. The fourth-order valence-electron chi connectivity index (χ4n) is 1.62. The second-order valence-corrected chi connectivity index (χ2v) is 4.82. The lowest BCUT2D eigenvalue weighted by Crippen LogP contribution is -2.23. The number of carbonyl (C=O) groups excluding carboxylic acids is 1. The van der Waals surface area contributed by atoms with Gasteiger partial charge in [-0.25, -0.2) is 4.98 Å². The van der Waals surface area contributed by atoms with Crippen LogP contribution in [0.3, 0.4) is 0 Å². The molecule has 19 heavy (non-hydrogen) atoms. The highest BCUT2D eigenvalue weighted by Gasteiger charge is 2.11. The summed E-state index contributed by atoms with van der Waals surface area (Å²) in [6, 6.07) is 11.5. The van der Waals surface area contributed by atoms with Crippen LogP contribution in [0.25, 0.3) is 0 Å². The van der Waals surface area contributed by atoms with Crippen molar-refractivity contribution in [3.8, 4) is 0 Å². The molecule has 2 rings (SSSR count). The topological polar surface area (TPSA) is 54.0 Å². The Labute approximate surface area is 120 Å². The van der Waals surface area contributed by atoms with Crippen molar-refractivity contribution >= 4 is 27.7 Å². The Morgan fingerprint density at radius 3 is 2.74 bits per heavy atom. The Kier molecular flexibility index (Phi) is 4.52. The molecule has 0 saturated heterocycles. The summed E-state index contributed by atoms with van der Waals surface area (Å²) in [5.41, 5.74) is 1.63. The maximum Gasteiger partial charge on any atom is 0.252 e. The van der Waals surface area contributed by atoms with Crippen molar-refractivity contribution in [2.45, 2.75) is 6.54 Å². The lowest BCUT2D eigenvalue weighted by molar-refractivity contribution is 0.0950. The van der Waals surface area contributed by atoms with Crippen molar-refractivity contribution in [3.63, 3.8) is 0 Å². The van der Waals surface area contributed by atoms with E-state index >= 15 is 0 Å². The van der Waals surface area contributed by atoms with Gasteiger partial charge in [0.1, 0.15) is 5.82 Å². The van der Waals surface area contributed by atoms with Crippen LogP contribution in [0.1, 0.15) is 15.9 Å². The number of anilines is 1. The van der Waals surface area contributed by atoms with E-state index in [0.29, 0.717) is 22.4 Å². The van der Waals surface area contributed by atoms with Crippen molar-refractivity contribution in [2.75, 3.05) is 12.4 Å². The van der Waals surface area contributed by atoms with E-state index in [4.69, 9.17) is 0 Å². The van der Waals surface area contributed by atoms with Crippen LogP contribution in [-0.2, 0) is 6.54 Å². The van der Waals surface area contributed by atoms with Gasteiger partial charge in [-0.2, -0.15) is 0 Å². The van der Waals surface area contributed by atoms with Crippen molar-refractivity contribution in [3.05, 3.63) is 58.2 Å². The molecule has 0 aliphatic rings. The number of carbonyl (C=O) groups is 1. The standard InChI is InChI=1S/C14H14BrN3O/c1-16-13-7-11(12(15)9-17-13)14(19)18-8-10-5-3-2-4-6-10/h2-7,9H,8H2,1H3,(H,16,17)(H,18,19). The van der Waals surface area contributed by atoms with Gasteiger partial charge in [-0.3, -0.25) is 4.79 Å². The first-order valence-corrected chi connectivity index (χ1v) is 6.65. The summed E-state index contributed by atoms with van der Waals surface area (Å²) in [5.74, 6) is 0.530. The average molecular weight is 320 g/mol. The number of pyridine rings is 1. The van der Waals surface area contributed by atoms with Crippen LogP contribution in [-0.4, -0.2) is 17.9 Å². The smallest absolute Gasteiger partial charge is 0.252 e. The van der Waals surface area contributed by atoms with Gasteiger partial charge in [-0.1, -0.05) is 30.3 Å². The molecule has 1 aromatic carbocycles. The van der Waals surface area contributed by atoms with Gasteiger partial charge in [0.2, 0.25) is 0 Å². The minimum absolute atomic E-state index is 0.130. The fraction of sp³-hybridized carbons (Fsp3) is 0.143. The van der Waals surface area contributed by atoms with Crippen LogP contribution in [0.4, 0.5) is 5.82 Å². The van der Waals surface area contributed by atoms with Gasteiger partial charge in [0.05, 0.1) is 5.56 Å². The van der Waals surface area contributed by atoms with Crippen molar-refractivity contribution in [1.82, 2.24) is 10.3 Å². The molecule has 0 unspecified atom stereocenters. The molecule has 0 saturated carbocycles. The molecule has 0 aliphatic carbocycles. The van der Waals surface area contributed by atoms with Crippen LogP contribution < -0.4 is 10.6 Å². The summed E-state index contributed by atoms with van der Waals surface area (Å²) < 4.78 is 0.678. The third-order valence-electron chi connectivity index (χ3n) is 2.65. The Hall–Kier alpha value is -1.88. The summed E-state index contributed by atoms with van der Waals surface area (Å²) in [4.78, 5) is 16.2. The summed E-state index contributed by atoms with van der Waals surface area (Å²) in [7, 11) is 1.77. The van der Waals surface area contributed by atoms with Gasteiger partial charge >= 0.3 is 0 Å². The number of halogens is 1. The molecule has 1 heterocycles. The predicted molar refractivity (Wildman–Crippen MR) is 79.1 cm³/mol. The minimum Gasteiger partial charge on any atom is -0.373 e. The molecule has 0 fully saturated rings. The van der Waals surface area contributed by atoms with Crippen LogP contribution in [0, 0.1) is 0 Å². The van der Waals surface area contributed by atoms with E-state index < -0.39 is 0 Å². The molecule has 0 atom stereocenters. The molecular weight excluding hydrogens is 306 g/mol. The molecule has 98 valence electrons. The quantitative estimate of drug-likeness (QED) is 0.911. The van der Waals surface area contributed by atoms with Crippen LogP contribution >= 0.6 is 15.9 Å². The monoisotopic (exact) mass is 319 g/mol. The third-order valence-corrected chi connectivity index (χ3v) is 3.28. The summed E-state index contributed by atoms with van der Waals surface area (Å²) in [6.45, 7) is 0.503. The molecule has 0 aliphatic heterocycles. The fourth-order valence-corrected chi connectivity index (χ4v) is 2.02. The van der Waals surface area contributed by atoms with E-state index in [9.17, 15) is 4.79 Å². The van der Waals surface area contributed by atoms with E-state index in [1.54, 1.807) is 19.3 Å². The van der Waals surface area contributed by atoms with Crippen LogP contribution in [0.15, 0.2) is 47.1 Å². The van der Waals surface area contributed by atoms with Gasteiger partial charge in [0.15, 0.2) is 0 Å². The zero-order valence-electron chi connectivity index (χ0n) is 10.5. The highest BCUT2D eigenvalue weighted by atomic mass is 79.9. The molecule has 0 bridgehead atoms. The number of amides is 1. The molecule has 0 spiro atoms. The zero-order valence-corrected chi connectivity index (χ0v) is 12.1. The second-order valence-electron chi connectivity index (χ2n) is 3.97. The van der Waals surface area contributed by atoms with Crippen molar-refractivity contribution in [1.29, 1.82) is 0 Å². The molecule has 4 nitrogen and oxygen atoms in total. The Bertz CT molecular complexity index is 572. The molecule has 0 radical (unpaired) electrons. The molecular formula is C14H14BrN3O. The van der Waals surface area contributed by atoms with Gasteiger partial charge in [0.25, 0.3) is 5.91 Å². The second kappa shape index (κ2) is 6.33. The minimum atomic E-state index is -0.130. The van der Waals surface area contributed by atoms with E-state index in [-0.39, 0.29) is 5.91 Å². The Balaban J connectivity index is 2.08. The SMILES string of the molecule is CNc1cc(C(=O)NCc2ccccc2)c(Br)cn1. The lowest BCUT2D eigenvalue weighted by atomic mass is 10.2. The summed E-state index contributed by atoms with van der Waals surface area (Å²) >= 11 is 3.34. The first-order valence-electron chi connectivity index (χ1n) is 5.86. The number of benzene rings is 1.